The summed E-state index contributed by atoms with van der Waals surface area (Å²) in [6.07, 6.45) is 0. The van der Waals surface area contributed by atoms with Gasteiger partial charge in [-0.05, 0) is 29.3 Å². The molecule has 0 bridgehead atoms. The van der Waals surface area contributed by atoms with Gasteiger partial charge in [0, 0.05) is 22.6 Å². The molecule has 2 aromatic carbocycles. The highest BCUT2D eigenvalue weighted by Gasteiger charge is 1.98. The number of halogens is 3. The van der Waals surface area contributed by atoms with E-state index in [-0.39, 0.29) is 12.4 Å². The van der Waals surface area contributed by atoms with E-state index in [0.717, 1.165) is 28.1 Å². The Morgan fingerprint density at radius 3 is 2.28 bits per heavy atom. The Morgan fingerprint density at radius 1 is 0.944 bits per heavy atom. The zero-order valence-corrected chi connectivity index (χ0v) is 12.9. The molecule has 0 aliphatic heterocycles. The van der Waals surface area contributed by atoms with Crippen molar-refractivity contribution >= 4 is 39.9 Å². The summed E-state index contributed by atoms with van der Waals surface area (Å²) in [6.45, 7) is 1.63. The minimum atomic E-state index is 0. The van der Waals surface area contributed by atoms with Crippen LogP contribution in [0.2, 0.25) is 5.02 Å². The third-order valence-electron chi connectivity index (χ3n) is 2.52. The van der Waals surface area contributed by atoms with Crippen LogP contribution in [0.25, 0.3) is 0 Å². The van der Waals surface area contributed by atoms with Crippen LogP contribution in [0.4, 0.5) is 0 Å². The molecule has 0 amide bonds. The van der Waals surface area contributed by atoms with Gasteiger partial charge in [0.05, 0.1) is 0 Å². The summed E-state index contributed by atoms with van der Waals surface area (Å²) in [7, 11) is 0. The average Bonchev–Trinajstić information content (AvgIpc) is 2.34. The molecular formula is C14H14BrCl2N. The molecule has 0 atom stereocenters. The van der Waals surface area contributed by atoms with Crippen LogP contribution in [0.15, 0.2) is 53.0 Å². The zero-order valence-electron chi connectivity index (χ0n) is 9.70. The Kier molecular flexibility index (Phi) is 6.72. The second kappa shape index (κ2) is 7.80. The third kappa shape index (κ3) is 4.62. The van der Waals surface area contributed by atoms with Crippen molar-refractivity contribution in [1.29, 1.82) is 0 Å². The molecule has 0 spiro atoms. The highest BCUT2D eigenvalue weighted by Crippen LogP contribution is 2.15. The van der Waals surface area contributed by atoms with Crippen LogP contribution in [-0.4, -0.2) is 0 Å². The van der Waals surface area contributed by atoms with Crippen LogP contribution in [0.1, 0.15) is 11.1 Å². The fourth-order valence-electron chi connectivity index (χ4n) is 1.59. The summed E-state index contributed by atoms with van der Waals surface area (Å²) < 4.78 is 1.10. The van der Waals surface area contributed by atoms with Crippen LogP contribution < -0.4 is 5.32 Å². The van der Waals surface area contributed by atoms with Gasteiger partial charge >= 0.3 is 0 Å². The molecule has 18 heavy (non-hydrogen) atoms. The molecule has 0 saturated heterocycles. The zero-order chi connectivity index (χ0) is 12.1. The largest absolute Gasteiger partial charge is 0.309 e. The molecule has 2 aromatic rings. The van der Waals surface area contributed by atoms with Crippen LogP contribution >= 0.6 is 39.9 Å². The lowest BCUT2D eigenvalue weighted by Crippen LogP contribution is -2.12. The van der Waals surface area contributed by atoms with E-state index in [1.165, 1.54) is 5.56 Å². The molecule has 0 aliphatic rings. The van der Waals surface area contributed by atoms with Gasteiger partial charge in [0.2, 0.25) is 0 Å². The molecule has 0 heterocycles. The first-order valence-electron chi connectivity index (χ1n) is 5.44. The van der Waals surface area contributed by atoms with Crippen molar-refractivity contribution < 1.29 is 0 Å². The molecule has 0 fully saturated rings. The van der Waals surface area contributed by atoms with Gasteiger partial charge < -0.3 is 5.32 Å². The summed E-state index contributed by atoms with van der Waals surface area (Å²) in [5.74, 6) is 0. The molecule has 1 nitrogen and oxygen atoms in total. The molecule has 0 radical (unpaired) electrons. The summed E-state index contributed by atoms with van der Waals surface area (Å²) >= 11 is 9.50. The molecule has 0 aromatic heterocycles. The molecular weight excluding hydrogens is 333 g/mol. The van der Waals surface area contributed by atoms with E-state index in [1.54, 1.807) is 0 Å². The molecule has 2 rings (SSSR count). The van der Waals surface area contributed by atoms with Crippen LogP contribution in [0.5, 0.6) is 0 Å². The Balaban J connectivity index is 0.00000162. The monoisotopic (exact) mass is 345 g/mol. The molecule has 0 unspecified atom stereocenters. The first-order chi connectivity index (χ1) is 8.25. The quantitative estimate of drug-likeness (QED) is 0.837. The predicted molar refractivity (Wildman–Crippen MR) is 83.4 cm³/mol. The highest BCUT2D eigenvalue weighted by atomic mass is 79.9. The SMILES string of the molecule is Cl.Clc1ccccc1CNCc1ccc(Br)cc1. The summed E-state index contributed by atoms with van der Waals surface area (Å²) in [4.78, 5) is 0. The molecule has 0 saturated carbocycles. The fourth-order valence-corrected chi connectivity index (χ4v) is 2.05. The lowest BCUT2D eigenvalue weighted by molar-refractivity contribution is 0.693. The lowest BCUT2D eigenvalue weighted by atomic mass is 10.2. The third-order valence-corrected chi connectivity index (χ3v) is 3.41. The maximum absolute atomic E-state index is 6.08. The minimum Gasteiger partial charge on any atom is -0.309 e. The van der Waals surface area contributed by atoms with E-state index < -0.39 is 0 Å². The Labute approximate surface area is 127 Å². The van der Waals surface area contributed by atoms with Crippen molar-refractivity contribution in [3.63, 3.8) is 0 Å². The minimum absolute atomic E-state index is 0. The number of benzene rings is 2. The smallest absolute Gasteiger partial charge is 0.0450 e. The van der Waals surface area contributed by atoms with Gasteiger partial charge in [-0.1, -0.05) is 57.9 Å². The number of nitrogens with one attached hydrogen (secondary N) is 1. The van der Waals surface area contributed by atoms with Crippen LogP contribution in [-0.2, 0) is 13.1 Å². The molecule has 96 valence electrons. The Hall–Kier alpha value is -0.540. The molecule has 1 N–H and O–H groups in total. The van der Waals surface area contributed by atoms with Crippen LogP contribution in [0.3, 0.4) is 0 Å². The number of hydrogen-bond donors (Lipinski definition) is 1. The second-order valence-corrected chi connectivity index (χ2v) is 5.14. The van der Waals surface area contributed by atoms with Crippen molar-refractivity contribution in [2.45, 2.75) is 13.1 Å². The predicted octanol–water partition coefficient (Wildman–Crippen LogP) is 4.81. The Morgan fingerprint density at radius 2 is 1.61 bits per heavy atom. The number of hydrogen-bond acceptors (Lipinski definition) is 1. The fraction of sp³-hybridized carbons (Fsp3) is 0.143. The number of rotatable bonds is 4. The van der Waals surface area contributed by atoms with E-state index in [2.05, 4.69) is 33.4 Å². The standard InChI is InChI=1S/C14H13BrClN.ClH/c15-13-7-5-11(6-8-13)9-17-10-12-3-1-2-4-14(12)16;/h1-8,17H,9-10H2;1H. The van der Waals surface area contributed by atoms with Gasteiger partial charge in [-0.3, -0.25) is 0 Å². The van der Waals surface area contributed by atoms with Gasteiger partial charge in [-0.25, -0.2) is 0 Å². The van der Waals surface area contributed by atoms with E-state index in [4.69, 9.17) is 11.6 Å². The van der Waals surface area contributed by atoms with Crippen molar-refractivity contribution in [3.8, 4) is 0 Å². The summed E-state index contributed by atoms with van der Waals surface area (Å²) in [6, 6.07) is 16.2. The normalized spacial score (nSPS) is 9.89. The summed E-state index contributed by atoms with van der Waals surface area (Å²) in [5.41, 5.74) is 2.39. The molecule has 0 aliphatic carbocycles. The van der Waals surface area contributed by atoms with Gasteiger partial charge in [0.25, 0.3) is 0 Å². The maximum atomic E-state index is 6.08. The topological polar surface area (TPSA) is 12.0 Å². The van der Waals surface area contributed by atoms with Gasteiger partial charge in [-0.2, -0.15) is 0 Å². The average molecular weight is 347 g/mol. The van der Waals surface area contributed by atoms with Gasteiger partial charge in [0.1, 0.15) is 0 Å². The summed E-state index contributed by atoms with van der Waals surface area (Å²) in [5, 5.41) is 4.19. The van der Waals surface area contributed by atoms with E-state index in [0.29, 0.717) is 0 Å². The maximum Gasteiger partial charge on any atom is 0.0450 e. The first kappa shape index (κ1) is 15.5. The van der Waals surface area contributed by atoms with E-state index in [1.807, 2.05) is 36.4 Å². The van der Waals surface area contributed by atoms with Crippen molar-refractivity contribution in [3.05, 3.63) is 69.2 Å². The molecule has 4 heteroatoms. The second-order valence-electron chi connectivity index (χ2n) is 3.82. The van der Waals surface area contributed by atoms with Gasteiger partial charge in [0.15, 0.2) is 0 Å². The Bertz CT molecular complexity index is 485. The highest BCUT2D eigenvalue weighted by molar-refractivity contribution is 9.10. The van der Waals surface area contributed by atoms with Crippen LogP contribution in [0, 0.1) is 0 Å². The van der Waals surface area contributed by atoms with Crippen molar-refractivity contribution in [2.24, 2.45) is 0 Å². The van der Waals surface area contributed by atoms with Gasteiger partial charge in [-0.15, -0.1) is 12.4 Å². The van der Waals surface area contributed by atoms with Crippen molar-refractivity contribution in [2.75, 3.05) is 0 Å². The lowest BCUT2D eigenvalue weighted by Gasteiger charge is -2.06. The first-order valence-corrected chi connectivity index (χ1v) is 6.61. The van der Waals surface area contributed by atoms with E-state index in [9.17, 15) is 0 Å². The van der Waals surface area contributed by atoms with Crippen molar-refractivity contribution in [1.82, 2.24) is 5.32 Å². The van der Waals surface area contributed by atoms with E-state index >= 15 is 0 Å².